The monoisotopic (exact) mass is 589 g/mol. The first-order valence-electron chi connectivity index (χ1n) is 14.4. The van der Waals surface area contributed by atoms with E-state index in [0.717, 1.165) is 37.1 Å². The van der Waals surface area contributed by atoms with Crippen LogP contribution in [0.25, 0.3) is 5.57 Å². The number of aliphatic imine (C=N–C) groups is 1. The summed E-state index contributed by atoms with van der Waals surface area (Å²) >= 11 is 0. The number of benzene rings is 3. The maximum Gasteiger partial charge on any atom is 0.490 e. The molecule has 2 aliphatic heterocycles. The summed E-state index contributed by atoms with van der Waals surface area (Å²) in [6, 6.07) is 23.2. The first-order chi connectivity index (χ1) is 20.6. The van der Waals surface area contributed by atoms with E-state index in [1.54, 1.807) is 0 Å². The molecule has 1 atom stereocenters. The Balaban J connectivity index is 0.000000472. The molecule has 3 N–H and O–H groups in total. The smallest absolute Gasteiger partial charge is 0.475 e. The summed E-state index contributed by atoms with van der Waals surface area (Å²) < 4.78 is 31.7. The van der Waals surface area contributed by atoms with Crippen molar-refractivity contribution in [2.45, 2.75) is 63.7 Å². The molecule has 2 heterocycles. The van der Waals surface area contributed by atoms with Crippen LogP contribution in [0.1, 0.15) is 68.9 Å². The lowest BCUT2D eigenvalue weighted by Crippen LogP contribution is -2.49. The normalized spacial score (nSPS) is 17.0. The van der Waals surface area contributed by atoms with Gasteiger partial charge in [-0.2, -0.15) is 13.2 Å². The number of carbonyl (C=O) groups is 2. The van der Waals surface area contributed by atoms with Gasteiger partial charge in [0.05, 0.1) is 6.04 Å². The van der Waals surface area contributed by atoms with Crippen LogP contribution in [0.5, 0.6) is 0 Å². The molecule has 1 saturated carbocycles. The minimum absolute atomic E-state index is 0.0641. The zero-order valence-corrected chi connectivity index (χ0v) is 23.9. The summed E-state index contributed by atoms with van der Waals surface area (Å²) in [7, 11) is 0. The molecule has 6 rings (SSSR count). The second kappa shape index (κ2) is 12.6. The maximum absolute atomic E-state index is 14.0. The highest BCUT2D eigenvalue weighted by Crippen LogP contribution is 2.45. The molecule has 0 spiro atoms. The zero-order valence-electron chi connectivity index (χ0n) is 23.9. The molecule has 6 nitrogen and oxygen atoms in total. The summed E-state index contributed by atoms with van der Waals surface area (Å²) in [5.74, 6) is -2.04. The molecular formula is C34H34F3N3O3. The lowest BCUT2D eigenvalue weighted by molar-refractivity contribution is -0.192. The quantitative estimate of drug-likeness (QED) is 0.331. The maximum atomic E-state index is 14.0. The Bertz CT molecular complexity index is 1560. The number of nitrogens with two attached hydrogens (primary N) is 1. The number of allylic oxidation sites excluding steroid dienone is 1. The molecule has 1 fully saturated rings. The van der Waals surface area contributed by atoms with Crippen LogP contribution in [0.2, 0.25) is 0 Å². The molecule has 1 aliphatic carbocycles. The van der Waals surface area contributed by atoms with Crippen molar-refractivity contribution in [3.8, 4) is 0 Å². The molecule has 0 bridgehead atoms. The van der Waals surface area contributed by atoms with Gasteiger partial charge < -0.3 is 15.7 Å². The number of halogens is 3. The fourth-order valence-corrected chi connectivity index (χ4v) is 5.87. The highest BCUT2D eigenvalue weighted by molar-refractivity contribution is 6.06. The molecule has 9 heteroatoms. The van der Waals surface area contributed by atoms with E-state index >= 15 is 0 Å². The fraction of sp³-hybridized carbons (Fsp3) is 0.324. The number of amides is 1. The number of fused-ring (bicyclic) bond motifs is 1. The predicted octanol–water partition coefficient (Wildman–Crippen LogP) is 6.46. The molecule has 0 unspecified atom stereocenters. The van der Waals surface area contributed by atoms with Gasteiger partial charge in [0.15, 0.2) is 0 Å². The van der Waals surface area contributed by atoms with Crippen molar-refractivity contribution in [1.29, 1.82) is 0 Å². The number of rotatable bonds is 7. The first-order valence-corrected chi connectivity index (χ1v) is 14.4. The summed E-state index contributed by atoms with van der Waals surface area (Å²) in [5.41, 5.74) is 16.7. The molecule has 3 aromatic rings. The van der Waals surface area contributed by atoms with Gasteiger partial charge in [-0.25, -0.2) is 4.79 Å². The molecule has 224 valence electrons. The van der Waals surface area contributed by atoms with E-state index in [1.165, 1.54) is 51.8 Å². The number of alkyl halides is 3. The van der Waals surface area contributed by atoms with E-state index < -0.39 is 12.1 Å². The lowest BCUT2D eigenvalue weighted by Gasteiger charge is -2.37. The third-order valence-electron chi connectivity index (χ3n) is 8.20. The van der Waals surface area contributed by atoms with Gasteiger partial charge in [-0.1, -0.05) is 66.2 Å². The van der Waals surface area contributed by atoms with Crippen molar-refractivity contribution in [3.63, 3.8) is 0 Å². The van der Waals surface area contributed by atoms with E-state index in [1.807, 2.05) is 18.3 Å². The average molecular weight is 590 g/mol. The summed E-state index contributed by atoms with van der Waals surface area (Å²) in [6.07, 6.45) is 1.77. The number of hydrogen-bond donors (Lipinski definition) is 2. The average Bonchev–Trinajstić information content (AvgIpc) is 3.72. The third kappa shape index (κ3) is 6.88. The van der Waals surface area contributed by atoms with Crippen molar-refractivity contribution in [2.75, 3.05) is 6.54 Å². The van der Waals surface area contributed by atoms with Crippen LogP contribution >= 0.6 is 0 Å². The van der Waals surface area contributed by atoms with Crippen molar-refractivity contribution in [1.82, 2.24) is 4.90 Å². The van der Waals surface area contributed by atoms with Crippen molar-refractivity contribution in [2.24, 2.45) is 10.7 Å². The SMILES string of the molecule is Cc1ccc(C2=CN=C([C@H](Cc3ccccc3)N3CCc4c(ccc(CN)c4C4CC4)C3=O)C2)cc1.O=C(O)C(F)(F)F. The minimum atomic E-state index is -5.08. The standard InChI is InChI=1S/C32H33N3O.C2HF3O2/c1-21-7-9-23(10-8-21)26-18-29(34-20-26)30(17-22-5-3-2-4-6-22)35-16-15-27-28(32(35)36)14-13-25(19-33)31(27)24-11-12-24;3-2(4,5)1(6)7/h2-10,13-14,20,24,30H,11-12,15-19,33H2,1H3;(H,6,7)/t30-;/m0./s1. The van der Waals surface area contributed by atoms with E-state index in [4.69, 9.17) is 20.6 Å². The summed E-state index contributed by atoms with van der Waals surface area (Å²) in [4.78, 5) is 29.9. The number of hydrogen-bond acceptors (Lipinski definition) is 4. The molecule has 0 radical (unpaired) electrons. The topological polar surface area (TPSA) is 96.0 Å². The molecule has 3 aliphatic rings. The highest BCUT2D eigenvalue weighted by atomic mass is 19.4. The van der Waals surface area contributed by atoms with Gasteiger partial charge in [-0.3, -0.25) is 9.79 Å². The van der Waals surface area contributed by atoms with E-state index in [-0.39, 0.29) is 11.9 Å². The third-order valence-corrected chi connectivity index (χ3v) is 8.20. The van der Waals surface area contributed by atoms with Gasteiger partial charge in [0, 0.05) is 37.0 Å². The van der Waals surface area contributed by atoms with Crippen LogP contribution in [0, 0.1) is 6.92 Å². The van der Waals surface area contributed by atoms with Gasteiger partial charge in [0.1, 0.15) is 0 Å². The Morgan fingerprint density at radius 2 is 1.74 bits per heavy atom. The van der Waals surface area contributed by atoms with Gasteiger partial charge in [-0.15, -0.1) is 0 Å². The Morgan fingerprint density at radius 1 is 1.07 bits per heavy atom. The molecule has 1 amide bonds. The van der Waals surface area contributed by atoms with Crippen LogP contribution < -0.4 is 5.73 Å². The van der Waals surface area contributed by atoms with Crippen molar-refractivity contribution in [3.05, 3.63) is 112 Å². The number of carboxylic acid groups (broad SMARTS) is 1. The highest BCUT2D eigenvalue weighted by Gasteiger charge is 2.39. The van der Waals surface area contributed by atoms with Gasteiger partial charge in [0.2, 0.25) is 0 Å². The number of carboxylic acids is 1. The molecule has 43 heavy (non-hydrogen) atoms. The number of aliphatic carboxylic acids is 1. The molecule has 0 saturated heterocycles. The lowest BCUT2D eigenvalue weighted by atomic mass is 9.86. The Labute approximate surface area is 248 Å². The van der Waals surface area contributed by atoms with Gasteiger partial charge >= 0.3 is 12.1 Å². The van der Waals surface area contributed by atoms with Crippen molar-refractivity contribution >= 4 is 23.2 Å². The van der Waals surface area contributed by atoms with E-state index in [2.05, 4.69) is 66.4 Å². The fourth-order valence-electron chi connectivity index (χ4n) is 5.87. The summed E-state index contributed by atoms with van der Waals surface area (Å²) in [5, 5.41) is 7.12. The van der Waals surface area contributed by atoms with Gasteiger partial charge in [0.25, 0.3) is 5.91 Å². The molecule has 3 aromatic carbocycles. The van der Waals surface area contributed by atoms with Crippen LogP contribution in [-0.2, 0) is 24.2 Å². The second-order valence-electron chi connectivity index (χ2n) is 11.2. The number of aryl methyl sites for hydroxylation is 1. The first kappa shape index (κ1) is 30.2. The molecule has 0 aromatic heterocycles. The summed E-state index contributed by atoms with van der Waals surface area (Å²) in [6.45, 7) is 3.36. The van der Waals surface area contributed by atoms with Crippen LogP contribution in [0.15, 0.2) is 77.9 Å². The predicted molar refractivity (Wildman–Crippen MR) is 160 cm³/mol. The number of carbonyl (C=O) groups excluding carboxylic acids is 1. The minimum Gasteiger partial charge on any atom is -0.475 e. The largest absolute Gasteiger partial charge is 0.490 e. The van der Waals surface area contributed by atoms with Crippen LogP contribution in [0.3, 0.4) is 0 Å². The van der Waals surface area contributed by atoms with E-state index in [0.29, 0.717) is 12.5 Å². The molecular weight excluding hydrogens is 555 g/mol. The van der Waals surface area contributed by atoms with E-state index in [9.17, 15) is 18.0 Å². The Kier molecular flexibility index (Phi) is 8.82. The van der Waals surface area contributed by atoms with Gasteiger partial charge in [-0.05, 0) is 78.0 Å². The van der Waals surface area contributed by atoms with Crippen LogP contribution in [-0.4, -0.2) is 46.4 Å². The van der Waals surface area contributed by atoms with Crippen LogP contribution in [0.4, 0.5) is 13.2 Å². The second-order valence-corrected chi connectivity index (χ2v) is 11.2. The Morgan fingerprint density at radius 3 is 2.35 bits per heavy atom. The Hall–Kier alpha value is -4.24. The zero-order chi connectivity index (χ0) is 30.7. The van der Waals surface area contributed by atoms with Crippen molar-refractivity contribution < 1.29 is 27.9 Å². The number of nitrogens with zero attached hydrogens (tertiary/aromatic N) is 2.